The smallest absolute Gasteiger partial charge is 0.206 e. The minimum Gasteiger partial charge on any atom is -0.382 e. The lowest BCUT2D eigenvalue weighted by Gasteiger charge is -2.11. The van der Waals surface area contributed by atoms with E-state index < -0.39 is 0 Å². The molecule has 0 atom stereocenters. The van der Waals surface area contributed by atoms with E-state index in [1.165, 1.54) is 41.2 Å². The number of rotatable bonds is 5. The van der Waals surface area contributed by atoms with Gasteiger partial charge in [0.1, 0.15) is 16.5 Å². The molecule has 2 aromatic carbocycles. The molecule has 0 radical (unpaired) electrons. The molecular weight excluding hydrogens is 337 g/mol. The first-order valence-electron chi connectivity index (χ1n) is 7.91. The normalized spacial score (nSPS) is 10.7. The van der Waals surface area contributed by atoms with E-state index in [1.807, 2.05) is 19.1 Å². The number of carbonyl (C=O) groups excluding carboxylic acids is 1. The number of para-hydroxylation sites is 1. The predicted octanol–water partition coefficient (Wildman–Crippen LogP) is 4.71. The fourth-order valence-electron chi connectivity index (χ4n) is 2.59. The van der Waals surface area contributed by atoms with Crippen molar-refractivity contribution in [1.82, 2.24) is 4.98 Å². The van der Waals surface area contributed by atoms with Crippen LogP contribution in [0.25, 0.3) is 0 Å². The molecule has 0 amide bonds. The minimum absolute atomic E-state index is 0.174. The molecule has 0 saturated carbocycles. The number of hydrogen-bond donors (Lipinski definition) is 2. The highest BCUT2D eigenvalue weighted by Crippen LogP contribution is 2.32. The number of aromatic nitrogens is 1. The SMILES string of the molecule is CCc1cccc(C)c1Nc1nc(N)c(C(=O)c2ccc(F)cc2)s1. The molecule has 1 aromatic heterocycles. The Morgan fingerprint density at radius 3 is 2.64 bits per heavy atom. The number of nitrogen functional groups attached to an aromatic ring is 1. The number of benzene rings is 2. The van der Waals surface area contributed by atoms with Gasteiger partial charge >= 0.3 is 0 Å². The van der Waals surface area contributed by atoms with Crippen LogP contribution in [0.3, 0.4) is 0 Å². The zero-order valence-electron chi connectivity index (χ0n) is 14.0. The van der Waals surface area contributed by atoms with E-state index in [4.69, 9.17) is 5.73 Å². The number of aryl methyl sites for hydroxylation is 2. The summed E-state index contributed by atoms with van der Waals surface area (Å²) in [5, 5.41) is 3.85. The molecule has 1 heterocycles. The number of ketones is 1. The van der Waals surface area contributed by atoms with Crippen molar-refractivity contribution in [3.63, 3.8) is 0 Å². The van der Waals surface area contributed by atoms with Crippen molar-refractivity contribution in [2.75, 3.05) is 11.1 Å². The Balaban J connectivity index is 1.91. The lowest BCUT2D eigenvalue weighted by atomic mass is 10.1. The number of hydrogen-bond acceptors (Lipinski definition) is 5. The third kappa shape index (κ3) is 3.53. The third-order valence-corrected chi connectivity index (χ3v) is 4.92. The van der Waals surface area contributed by atoms with Gasteiger partial charge in [0.05, 0.1) is 0 Å². The summed E-state index contributed by atoms with van der Waals surface area (Å²) in [5.74, 6) is -0.472. The number of carbonyl (C=O) groups is 1. The number of anilines is 3. The summed E-state index contributed by atoms with van der Waals surface area (Å²) in [6.45, 7) is 4.10. The average Bonchev–Trinajstić information content (AvgIpc) is 2.97. The van der Waals surface area contributed by atoms with E-state index in [0.717, 1.165) is 17.7 Å². The molecule has 128 valence electrons. The molecule has 4 nitrogen and oxygen atoms in total. The van der Waals surface area contributed by atoms with Crippen molar-refractivity contribution in [3.8, 4) is 0 Å². The minimum atomic E-state index is -0.386. The Morgan fingerprint density at radius 2 is 1.96 bits per heavy atom. The van der Waals surface area contributed by atoms with E-state index in [0.29, 0.717) is 15.6 Å². The van der Waals surface area contributed by atoms with Crippen LogP contribution in [0.1, 0.15) is 33.3 Å². The molecule has 0 fully saturated rings. The quantitative estimate of drug-likeness (QED) is 0.651. The summed E-state index contributed by atoms with van der Waals surface area (Å²) in [6, 6.07) is 11.5. The summed E-state index contributed by atoms with van der Waals surface area (Å²) >= 11 is 1.20. The van der Waals surface area contributed by atoms with Gasteiger partial charge in [0.15, 0.2) is 5.13 Å². The van der Waals surface area contributed by atoms with Crippen molar-refractivity contribution in [2.45, 2.75) is 20.3 Å². The molecule has 0 spiro atoms. The first-order valence-corrected chi connectivity index (χ1v) is 8.73. The second kappa shape index (κ2) is 7.03. The lowest BCUT2D eigenvalue weighted by Crippen LogP contribution is -2.02. The van der Waals surface area contributed by atoms with Gasteiger partial charge in [0.25, 0.3) is 0 Å². The molecule has 3 aromatic rings. The standard InChI is InChI=1S/C19H18FN3OS/c1-3-12-6-4-5-11(2)15(12)22-19-23-18(21)17(25-19)16(24)13-7-9-14(20)10-8-13/h4-10H,3,21H2,1-2H3,(H,22,23). The first kappa shape index (κ1) is 17.1. The summed E-state index contributed by atoms with van der Waals surface area (Å²) in [4.78, 5) is 17.2. The summed E-state index contributed by atoms with van der Waals surface area (Å²) in [7, 11) is 0. The monoisotopic (exact) mass is 355 g/mol. The summed E-state index contributed by atoms with van der Waals surface area (Å²) < 4.78 is 13.0. The maximum Gasteiger partial charge on any atom is 0.206 e. The van der Waals surface area contributed by atoms with Crippen molar-refractivity contribution in [2.24, 2.45) is 0 Å². The highest BCUT2D eigenvalue weighted by molar-refractivity contribution is 7.18. The van der Waals surface area contributed by atoms with Crippen LogP contribution < -0.4 is 11.1 Å². The van der Waals surface area contributed by atoms with Gasteiger partial charge in [-0.05, 0) is 48.7 Å². The van der Waals surface area contributed by atoms with Gasteiger partial charge in [0, 0.05) is 11.3 Å². The van der Waals surface area contributed by atoms with Gasteiger partial charge < -0.3 is 11.1 Å². The molecule has 25 heavy (non-hydrogen) atoms. The molecule has 0 bridgehead atoms. The van der Waals surface area contributed by atoms with Gasteiger partial charge in [-0.25, -0.2) is 9.37 Å². The highest BCUT2D eigenvalue weighted by atomic mass is 32.1. The maximum atomic E-state index is 13.0. The van der Waals surface area contributed by atoms with Gasteiger partial charge in [-0.1, -0.05) is 36.5 Å². The topological polar surface area (TPSA) is 68.0 Å². The zero-order valence-corrected chi connectivity index (χ0v) is 14.8. The predicted molar refractivity (Wildman–Crippen MR) is 100 cm³/mol. The van der Waals surface area contributed by atoms with Crippen LogP contribution in [0.4, 0.5) is 21.0 Å². The Morgan fingerprint density at radius 1 is 1.24 bits per heavy atom. The van der Waals surface area contributed by atoms with Crippen LogP contribution in [0.5, 0.6) is 0 Å². The number of nitrogens with one attached hydrogen (secondary N) is 1. The molecule has 6 heteroatoms. The number of halogens is 1. The van der Waals surface area contributed by atoms with Crippen LogP contribution >= 0.6 is 11.3 Å². The second-order valence-corrected chi connectivity index (χ2v) is 6.66. The zero-order chi connectivity index (χ0) is 18.0. The van der Waals surface area contributed by atoms with Crippen LogP contribution in [0.2, 0.25) is 0 Å². The maximum absolute atomic E-state index is 13.0. The lowest BCUT2D eigenvalue weighted by molar-refractivity contribution is 0.104. The van der Waals surface area contributed by atoms with Crippen LogP contribution in [-0.2, 0) is 6.42 Å². The first-order chi connectivity index (χ1) is 12.0. The third-order valence-electron chi connectivity index (χ3n) is 3.94. The van der Waals surface area contributed by atoms with Crippen LogP contribution in [0.15, 0.2) is 42.5 Å². The Labute approximate surface area is 149 Å². The summed E-state index contributed by atoms with van der Waals surface area (Å²) in [5.41, 5.74) is 9.57. The van der Waals surface area contributed by atoms with Gasteiger partial charge in [-0.2, -0.15) is 0 Å². The fraction of sp³-hybridized carbons (Fsp3) is 0.158. The van der Waals surface area contributed by atoms with Crippen molar-refractivity contribution in [1.29, 1.82) is 0 Å². The van der Waals surface area contributed by atoms with Gasteiger partial charge in [-0.15, -0.1) is 0 Å². The molecule has 0 unspecified atom stereocenters. The Bertz CT molecular complexity index is 919. The van der Waals surface area contributed by atoms with Crippen molar-refractivity contribution < 1.29 is 9.18 Å². The molecule has 0 aliphatic rings. The number of nitrogens with zero attached hydrogens (tertiary/aromatic N) is 1. The van der Waals surface area contributed by atoms with Crippen LogP contribution in [-0.4, -0.2) is 10.8 Å². The van der Waals surface area contributed by atoms with E-state index in [-0.39, 0.29) is 17.4 Å². The van der Waals surface area contributed by atoms with E-state index >= 15 is 0 Å². The second-order valence-electron chi connectivity index (χ2n) is 5.66. The average molecular weight is 355 g/mol. The fourth-order valence-corrected chi connectivity index (χ4v) is 3.44. The van der Waals surface area contributed by atoms with Crippen molar-refractivity contribution >= 4 is 33.8 Å². The molecular formula is C19H18FN3OS. The molecule has 0 aliphatic carbocycles. The van der Waals surface area contributed by atoms with Crippen molar-refractivity contribution in [3.05, 3.63) is 69.8 Å². The van der Waals surface area contributed by atoms with Gasteiger partial charge in [0.2, 0.25) is 5.78 Å². The molecule has 3 rings (SSSR count). The molecule has 3 N–H and O–H groups in total. The van der Waals surface area contributed by atoms with E-state index in [1.54, 1.807) is 0 Å². The number of nitrogens with two attached hydrogens (primary N) is 1. The van der Waals surface area contributed by atoms with Crippen LogP contribution in [0, 0.1) is 12.7 Å². The van der Waals surface area contributed by atoms with Gasteiger partial charge in [-0.3, -0.25) is 4.79 Å². The molecule has 0 aliphatic heterocycles. The van der Waals surface area contributed by atoms with E-state index in [9.17, 15) is 9.18 Å². The highest BCUT2D eigenvalue weighted by Gasteiger charge is 2.19. The Hall–Kier alpha value is -2.73. The summed E-state index contributed by atoms with van der Waals surface area (Å²) in [6.07, 6.45) is 0.881. The number of thiazole rings is 1. The van der Waals surface area contributed by atoms with E-state index in [2.05, 4.69) is 23.3 Å². The Kier molecular flexibility index (Phi) is 4.81. The largest absolute Gasteiger partial charge is 0.382 e. The molecule has 0 saturated heterocycles.